The number of nitrogens with one attached hydrogen (secondary N) is 1. The smallest absolute Gasteiger partial charge is 0.270 e. The summed E-state index contributed by atoms with van der Waals surface area (Å²) >= 11 is 0. The van der Waals surface area contributed by atoms with Gasteiger partial charge in [0.05, 0.1) is 6.54 Å². The first-order valence-corrected chi connectivity index (χ1v) is 9.08. The van der Waals surface area contributed by atoms with Gasteiger partial charge in [0.15, 0.2) is 8.24 Å². The highest BCUT2D eigenvalue weighted by molar-refractivity contribution is 6.80. The molecule has 1 N–H and O–H groups in total. The molecule has 1 fully saturated rings. The maximum absolute atomic E-state index is 12.4. The van der Waals surface area contributed by atoms with Crippen molar-refractivity contribution in [1.29, 1.82) is 0 Å². The van der Waals surface area contributed by atoms with Crippen LogP contribution in [0, 0.1) is 0 Å². The first kappa shape index (κ1) is 15.2. The second-order valence-electron chi connectivity index (χ2n) is 6.41. The van der Waals surface area contributed by atoms with Crippen LogP contribution in [0.1, 0.15) is 27.7 Å². The summed E-state index contributed by atoms with van der Waals surface area (Å²) < 4.78 is 7.13. The van der Waals surface area contributed by atoms with Gasteiger partial charge in [-0.05, 0) is 5.04 Å². The molecule has 1 atom stereocenters. The fourth-order valence-electron chi connectivity index (χ4n) is 1.93. The number of methoxy groups -OCH3 is 1. The van der Waals surface area contributed by atoms with Crippen LogP contribution in [-0.2, 0) is 14.3 Å². The van der Waals surface area contributed by atoms with Crippen molar-refractivity contribution in [3.63, 3.8) is 0 Å². The average molecular weight is 272 g/mol. The van der Waals surface area contributed by atoms with Crippen LogP contribution < -0.4 is 5.32 Å². The molecule has 1 aliphatic heterocycles. The second kappa shape index (κ2) is 4.34. The Morgan fingerprint density at radius 1 is 1.44 bits per heavy atom. The number of hydrogen-bond acceptors (Lipinski definition) is 3. The van der Waals surface area contributed by atoms with E-state index in [-0.39, 0.29) is 16.9 Å². The van der Waals surface area contributed by atoms with Crippen LogP contribution in [0.15, 0.2) is 0 Å². The summed E-state index contributed by atoms with van der Waals surface area (Å²) in [7, 11) is -0.433. The minimum atomic E-state index is -1.89. The Bertz CT molecular complexity index is 376. The van der Waals surface area contributed by atoms with E-state index in [2.05, 4.69) is 39.2 Å². The van der Waals surface area contributed by atoms with E-state index < -0.39 is 14.0 Å². The van der Waals surface area contributed by atoms with Crippen molar-refractivity contribution >= 4 is 20.0 Å². The summed E-state index contributed by atoms with van der Waals surface area (Å²) in [6.07, 6.45) is 0. The Kier molecular flexibility index (Phi) is 3.66. The molecule has 0 spiro atoms. The number of ether oxygens (including phenoxy) is 1. The normalized spacial score (nSPS) is 24.8. The third kappa shape index (κ3) is 2.19. The lowest BCUT2D eigenvalue weighted by molar-refractivity contribution is -0.181. The van der Waals surface area contributed by atoms with Gasteiger partial charge in [-0.25, -0.2) is 0 Å². The summed E-state index contributed by atoms with van der Waals surface area (Å²) in [6.45, 7) is 12.6. The summed E-state index contributed by atoms with van der Waals surface area (Å²) in [4.78, 5) is 23.5. The van der Waals surface area contributed by atoms with Crippen molar-refractivity contribution in [1.82, 2.24) is 9.88 Å². The third-order valence-electron chi connectivity index (χ3n) is 4.21. The average Bonchev–Trinajstić information content (AvgIpc) is 2.20. The quantitative estimate of drug-likeness (QED) is 0.479. The van der Waals surface area contributed by atoms with E-state index in [0.717, 1.165) is 0 Å². The van der Waals surface area contributed by atoms with Gasteiger partial charge in [0.2, 0.25) is 11.6 Å². The maximum Gasteiger partial charge on any atom is 0.270 e. The van der Waals surface area contributed by atoms with E-state index in [9.17, 15) is 9.59 Å². The summed E-state index contributed by atoms with van der Waals surface area (Å²) in [5, 5.41) is 2.70. The molecular formula is C12H24N2O3Si. The summed E-state index contributed by atoms with van der Waals surface area (Å²) in [5.74, 6) is -0.369. The number of rotatable bonds is 3. The van der Waals surface area contributed by atoms with Gasteiger partial charge in [0, 0.05) is 14.0 Å². The molecule has 0 saturated carbocycles. The standard InChI is InChI=1S/C12H24N2O3Si/c1-9(15)13-12(17-5)8-14(10(12)16)18(6,7)11(2,3)4/h8H2,1-7H3,(H,13,15). The van der Waals surface area contributed by atoms with Crippen molar-refractivity contribution in [3.8, 4) is 0 Å². The van der Waals surface area contributed by atoms with Crippen LogP contribution >= 0.6 is 0 Å². The van der Waals surface area contributed by atoms with Gasteiger partial charge in [-0.2, -0.15) is 0 Å². The van der Waals surface area contributed by atoms with Crippen LogP contribution in [0.3, 0.4) is 0 Å². The number of hydrogen-bond donors (Lipinski definition) is 1. The summed E-state index contributed by atoms with van der Waals surface area (Å²) in [5.41, 5.74) is -1.14. The lowest BCUT2D eigenvalue weighted by atomic mass is 10.1. The Hall–Kier alpha value is -0.883. The molecule has 1 aliphatic rings. The first-order valence-electron chi connectivity index (χ1n) is 6.14. The number of β-lactam (4-membered cyclic amide) rings is 1. The van der Waals surface area contributed by atoms with E-state index in [1.165, 1.54) is 14.0 Å². The summed E-state index contributed by atoms with van der Waals surface area (Å²) in [6, 6.07) is 0. The molecule has 104 valence electrons. The van der Waals surface area contributed by atoms with Crippen molar-refractivity contribution in [2.75, 3.05) is 13.7 Å². The molecule has 1 heterocycles. The molecule has 18 heavy (non-hydrogen) atoms. The second-order valence-corrected chi connectivity index (χ2v) is 11.6. The molecular weight excluding hydrogens is 248 g/mol. The van der Waals surface area contributed by atoms with Crippen molar-refractivity contribution in [2.45, 2.75) is 51.6 Å². The topological polar surface area (TPSA) is 58.6 Å². The van der Waals surface area contributed by atoms with E-state index >= 15 is 0 Å². The van der Waals surface area contributed by atoms with Crippen molar-refractivity contribution in [2.24, 2.45) is 0 Å². The minimum absolute atomic E-state index is 0.0821. The zero-order valence-corrected chi connectivity index (χ0v) is 13.4. The lowest BCUT2D eigenvalue weighted by Gasteiger charge is -2.57. The predicted molar refractivity (Wildman–Crippen MR) is 72.5 cm³/mol. The zero-order valence-electron chi connectivity index (χ0n) is 12.4. The molecule has 0 radical (unpaired) electrons. The number of carbonyl (C=O) groups is 2. The van der Waals surface area contributed by atoms with Gasteiger partial charge >= 0.3 is 0 Å². The zero-order chi connectivity index (χ0) is 14.4. The molecule has 0 aromatic heterocycles. The molecule has 5 nitrogen and oxygen atoms in total. The van der Waals surface area contributed by atoms with Gasteiger partial charge in [-0.15, -0.1) is 0 Å². The molecule has 0 aromatic carbocycles. The van der Waals surface area contributed by atoms with E-state index in [1.807, 2.05) is 4.57 Å². The van der Waals surface area contributed by atoms with E-state index in [4.69, 9.17) is 4.74 Å². The fourth-order valence-corrected chi connectivity index (χ4v) is 4.04. The Labute approximate surface area is 110 Å². The monoisotopic (exact) mass is 272 g/mol. The number of nitrogens with zero attached hydrogens (tertiary/aromatic N) is 1. The van der Waals surface area contributed by atoms with Crippen LogP contribution in [-0.4, -0.2) is 44.0 Å². The molecule has 1 rings (SSSR count). The van der Waals surface area contributed by atoms with Crippen LogP contribution in [0.25, 0.3) is 0 Å². The molecule has 6 heteroatoms. The molecule has 0 bridgehead atoms. The Balaban J connectivity index is 2.91. The van der Waals surface area contributed by atoms with Gasteiger partial charge in [0.25, 0.3) is 5.91 Å². The minimum Gasteiger partial charge on any atom is -0.360 e. The lowest BCUT2D eigenvalue weighted by Crippen LogP contribution is -2.81. The van der Waals surface area contributed by atoms with E-state index in [0.29, 0.717) is 6.54 Å². The van der Waals surface area contributed by atoms with Gasteiger partial charge in [0.1, 0.15) is 0 Å². The predicted octanol–water partition coefficient (Wildman–Crippen LogP) is 1.31. The molecule has 0 aromatic rings. The highest BCUT2D eigenvalue weighted by atomic mass is 28.3. The fraction of sp³-hybridized carbons (Fsp3) is 0.833. The van der Waals surface area contributed by atoms with Crippen LogP contribution in [0.5, 0.6) is 0 Å². The van der Waals surface area contributed by atoms with E-state index in [1.54, 1.807) is 0 Å². The maximum atomic E-state index is 12.4. The van der Waals surface area contributed by atoms with Gasteiger partial charge in [-0.3, -0.25) is 9.59 Å². The molecule has 1 saturated heterocycles. The highest BCUT2D eigenvalue weighted by Crippen LogP contribution is 2.42. The van der Waals surface area contributed by atoms with Crippen LogP contribution in [0.4, 0.5) is 0 Å². The van der Waals surface area contributed by atoms with Crippen molar-refractivity contribution in [3.05, 3.63) is 0 Å². The Morgan fingerprint density at radius 2 is 1.94 bits per heavy atom. The number of amides is 2. The largest absolute Gasteiger partial charge is 0.360 e. The Morgan fingerprint density at radius 3 is 2.22 bits per heavy atom. The number of carbonyl (C=O) groups excluding carboxylic acids is 2. The van der Waals surface area contributed by atoms with Gasteiger partial charge < -0.3 is 14.6 Å². The van der Waals surface area contributed by atoms with Crippen molar-refractivity contribution < 1.29 is 14.3 Å². The molecule has 1 unspecified atom stereocenters. The molecule has 2 amide bonds. The third-order valence-corrected chi connectivity index (χ3v) is 9.59. The first-order chi connectivity index (χ1) is 7.98. The highest BCUT2D eigenvalue weighted by Gasteiger charge is 2.60. The van der Waals surface area contributed by atoms with Gasteiger partial charge in [-0.1, -0.05) is 33.9 Å². The SMILES string of the molecule is COC1(NC(C)=O)CN([Si](C)(C)C(C)(C)C)C1=O. The van der Waals surface area contributed by atoms with Crippen LogP contribution in [0.2, 0.25) is 18.1 Å². The molecule has 0 aliphatic carbocycles.